The van der Waals surface area contributed by atoms with Gasteiger partial charge in [-0.05, 0) is 36.2 Å². The maximum absolute atomic E-state index is 12.1. The highest BCUT2D eigenvalue weighted by Gasteiger charge is 2.12. The molecule has 0 saturated heterocycles. The van der Waals surface area contributed by atoms with E-state index in [4.69, 9.17) is 10.5 Å². The lowest BCUT2D eigenvalue weighted by Gasteiger charge is -2.10. The van der Waals surface area contributed by atoms with E-state index >= 15 is 0 Å². The van der Waals surface area contributed by atoms with Crippen LogP contribution in [0.25, 0.3) is 0 Å². The molecule has 0 spiro atoms. The molecule has 4 N–H and O–H groups in total. The highest BCUT2D eigenvalue weighted by molar-refractivity contribution is 6.00. The molecule has 0 aliphatic heterocycles. The maximum Gasteiger partial charge on any atom is 0.253 e. The summed E-state index contributed by atoms with van der Waals surface area (Å²) in [5.74, 6) is 0.485. The van der Waals surface area contributed by atoms with Gasteiger partial charge in [0.25, 0.3) is 5.91 Å². The normalized spacial score (nSPS) is 10.1. The van der Waals surface area contributed by atoms with Gasteiger partial charge in [0.15, 0.2) is 0 Å². The van der Waals surface area contributed by atoms with E-state index in [0.717, 1.165) is 5.56 Å². The molecule has 0 saturated carbocycles. The second kappa shape index (κ2) is 6.65. The number of carbonyl (C=O) groups is 1. The van der Waals surface area contributed by atoms with Crippen LogP contribution in [0.2, 0.25) is 0 Å². The van der Waals surface area contributed by atoms with Gasteiger partial charge in [0.1, 0.15) is 11.5 Å². The van der Waals surface area contributed by atoms with Crippen molar-refractivity contribution in [3.63, 3.8) is 0 Å². The first-order valence-corrected chi connectivity index (χ1v) is 6.60. The topological polar surface area (TPSA) is 84.6 Å². The highest BCUT2D eigenvalue weighted by Crippen LogP contribution is 2.24. The number of nitrogens with one attached hydrogen (secondary N) is 1. The Bertz CT molecular complexity index is 624. The molecule has 5 nitrogen and oxygen atoms in total. The average molecular weight is 286 g/mol. The van der Waals surface area contributed by atoms with E-state index in [9.17, 15) is 9.90 Å². The van der Waals surface area contributed by atoms with Crippen molar-refractivity contribution in [3.05, 3.63) is 53.6 Å². The molecule has 0 aliphatic carbocycles. The first-order valence-electron chi connectivity index (χ1n) is 6.60. The zero-order valence-electron chi connectivity index (χ0n) is 11.8. The van der Waals surface area contributed by atoms with Gasteiger partial charge in [-0.3, -0.25) is 4.79 Å². The van der Waals surface area contributed by atoms with Crippen molar-refractivity contribution >= 4 is 11.6 Å². The van der Waals surface area contributed by atoms with Crippen molar-refractivity contribution in [2.75, 3.05) is 19.4 Å². The fourth-order valence-corrected chi connectivity index (χ4v) is 2.00. The highest BCUT2D eigenvalue weighted by atomic mass is 16.5. The molecule has 0 atom stereocenters. The summed E-state index contributed by atoms with van der Waals surface area (Å²) in [6, 6.07) is 12.0. The Labute approximate surface area is 123 Å². The molecule has 2 aromatic rings. The Morgan fingerprint density at radius 1 is 1.24 bits per heavy atom. The predicted octanol–water partition coefficient (Wildman–Crippen LogP) is 1.96. The molecule has 0 unspecified atom stereocenters. The lowest BCUT2D eigenvalue weighted by molar-refractivity contribution is 0.0954. The maximum atomic E-state index is 12.1. The van der Waals surface area contributed by atoms with E-state index in [1.54, 1.807) is 30.3 Å². The van der Waals surface area contributed by atoms with Crippen molar-refractivity contribution in [3.8, 4) is 11.5 Å². The van der Waals surface area contributed by atoms with Gasteiger partial charge in [0.05, 0.1) is 18.4 Å². The minimum atomic E-state index is -0.231. The number of phenols is 1. The Hall–Kier alpha value is -2.69. The lowest BCUT2D eigenvalue weighted by atomic mass is 10.1. The number of benzene rings is 2. The Kier molecular flexibility index (Phi) is 4.66. The monoisotopic (exact) mass is 286 g/mol. The van der Waals surface area contributed by atoms with E-state index in [2.05, 4.69) is 5.32 Å². The number of phenolic OH excluding ortho intramolecular Hbond substituents is 1. The number of methoxy groups -OCH3 is 1. The van der Waals surface area contributed by atoms with Gasteiger partial charge in [-0.2, -0.15) is 0 Å². The first-order chi connectivity index (χ1) is 10.1. The third-order valence-corrected chi connectivity index (χ3v) is 3.17. The second-order valence-corrected chi connectivity index (χ2v) is 4.59. The number of rotatable bonds is 5. The molecule has 0 radical (unpaired) electrons. The molecule has 0 aromatic heterocycles. The van der Waals surface area contributed by atoms with Crippen LogP contribution >= 0.6 is 0 Å². The smallest absolute Gasteiger partial charge is 0.253 e. The number of amides is 1. The summed E-state index contributed by atoms with van der Waals surface area (Å²) in [5.41, 5.74) is 7.65. The summed E-state index contributed by atoms with van der Waals surface area (Å²) < 4.78 is 5.09. The molecule has 0 bridgehead atoms. The van der Waals surface area contributed by atoms with Crippen LogP contribution in [0.1, 0.15) is 15.9 Å². The lowest BCUT2D eigenvalue weighted by Crippen LogP contribution is -2.26. The average Bonchev–Trinajstić information content (AvgIpc) is 2.49. The zero-order valence-corrected chi connectivity index (χ0v) is 11.8. The first kappa shape index (κ1) is 14.7. The number of nitrogen functional groups attached to an aromatic ring is 1. The van der Waals surface area contributed by atoms with E-state index in [0.29, 0.717) is 30.0 Å². The van der Waals surface area contributed by atoms with Crippen LogP contribution in [-0.4, -0.2) is 24.7 Å². The predicted molar refractivity (Wildman–Crippen MR) is 81.6 cm³/mol. The number of ether oxygens (including phenoxy) is 1. The number of para-hydroxylation sites is 1. The summed E-state index contributed by atoms with van der Waals surface area (Å²) in [7, 11) is 1.51. The van der Waals surface area contributed by atoms with Gasteiger partial charge in [-0.25, -0.2) is 0 Å². The van der Waals surface area contributed by atoms with Gasteiger partial charge in [0.2, 0.25) is 0 Å². The third-order valence-electron chi connectivity index (χ3n) is 3.17. The summed E-state index contributed by atoms with van der Waals surface area (Å²) in [6.07, 6.45) is 0.676. The van der Waals surface area contributed by atoms with E-state index in [1.165, 1.54) is 7.11 Å². The minimum absolute atomic E-state index is 0.229. The van der Waals surface area contributed by atoms with Gasteiger partial charge >= 0.3 is 0 Å². The van der Waals surface area contributed by atoms with Crippen molar-refractivity contribution < 1.29 is 14.6 Å². The van der Waals surface area contributed by atoms with Crippen LogP contribution in [0.15, 0.2) is 42.5 Å². The molecule has 1 amide bonds. The fraction of sp³-hybridized carbons (Fsp3) is 0.188. The van der Waals surface area contributed by atoms with Gasteiger partial charge in [-0.1, -0.05) is 18.2 Å². The molecule has 5 heteroatoms. The number of hydrogen-bond donors (Lipinski definition) is 3. The van der Waals surface area contributed by atoms with Crippen molar-refractivity contribution in [2.24, 2.45) is 0 Å². The number of nitrogens with two attached hydrogens (primary N) is 1. The van der Waals surface area contributed by atoms with Crippen molar-refractivity contribution in [2.45, 2.75) is 6.42 Å². The van der Waals surface area contributed by atoms with E-state index in [1.807, 2.05) is 12.1 Å². The molecular weight excluding hydrogens is 268 g/mol. The van der Waals surface area contributed by atoms with Crippen LogP contribution < -0.4 is 15.8 Å². The molecule has 2 aromatic carbocycles. The fourth-order valence-electron chi connectivity index (χ4n) is 2.00. The largest absolute Gasteiger partial charge is 0.508 e. The van der Waals surface area contributed by atoms with E-state index < -0.39 is 0 Å². The summed E-state index contributed by atoms with van der Waals surface area (Å²) >= 11 is 0. The molecule has 110 valence electrons. The molecule has 0 aliphatic rings. The Morgan fingerprint density at radius 3 is 2.62 bits per heavy atom. The third kappa shape index (κ3) is 3.66. The van der Waals surface area contributed by atoms with Crippen LogP contribution in [0.5, 0.6) is 11.5 Å². The van der Waals surface area contributed by atoms with Gasteiger partial charge in [0, 0.05) is 6.54 Å². The molecule has 2 rings (SSSR count). The molecular formula is C16H18N2O3. The summed E-state index contributed by atoms with van der Waals surface area (Å²) in [4.78, 5) is 12.1. The number of aromatic hydroxyl groups is 1. The summed E-state index contributed by atoms with van der Waals surface area (Å²) in [6.45, 7) is 0.486. The molecule has 0 heterocycles. The molecule has 0 fully saturated rings. The van der Waals surface area contributed by atoms with E-state index in [-0.39, 0.29) is 11.7 Å². The Balaban J connectivity index is 1.94. The van der Waals surface area contributed by atoms with Crippen LogP contribution in [0.4, 0.5) is 5.69 Å². The SMILES string of the molecule is COc1cccc(C(=O)NCCc2ccc(O)cc2)c1N. The number of carbonyl (C=O) groups excluding carboxylic acids is 1. The second-order valence-electron chi connectivity index (χ2n) is 4.59. The number of hydrogen-bond acceptors (Lipinski definition) is 4. The number of anilines is 1. The van der Waals surface area contributed by atoms with Gasteiger partial charge in [-0.15, -0.1) is 0 Å². The van der Waals surface area contributed by atoms with Crippen LogP contribution in [-0.2, 0) is 6.42 Å². The van der Waals surface area contributed by atoms with Crippen molar-refractivity contribution in [1.29, 1.82) is 0 Å². The summed E-state index contributed by atoms with van der Waals surface area (Å²) in [5, 5.41) is 12.0. The van der Waals surface area contributed by atoms with Crippen molar-refractivity contribution in [1.82, 2.24) is 5.32 Å². The minimum Gasteiger partial charge on any atom is -0.508 e. The van der Waals surface area contributed by atoms with Crippen LogP contribution in [0, 0.1) is 0 Å². The zero-order chi connectivity index (χ0) is 15.2. The van der Waals surface area contributed by atoms with Crippen LogP contribution in [0.3, 0.4) is 0 Å². The van der Waals surface area contributed by atoms with Gasteiger partial charge < -0.3 is 20.9 Å². The standard InChI is InChI=1S/C16H18N2O3/c1-21-14-4-2-3-13(15(14)17)16(20)18-10-9-11-5-7-12(19)8-6-11/h2-8,19H,9-10,17H2,1H3,(H,18,20). The quantitative estimate of drug-likeness (QED) is 0.733. The Morgan fingerprint density at radius 2 is 1.95 bits per heavy atom. The molecule has 21 heavy (non-hydrogen) atoms.